The third-order valence-corrected chi connectivity index (χ3v) is 3.15. The van der Waals surface area contributed by atoms with Crippen LogP contribution in [0.5, 0.6) is 0 Å². The van der Waals surface area contributed by atoms with Gasteiger partial charge < -0.3 is 16.0 Å². The van der Waals surface area contributed by atoms with Crippen molar-refractivity contribution in [1.82, 2.24) is 10.2 Å². The Morgan fingerprint density at radius 2 is 2.00 bits per heavy atom. The second-order valence-corrected chi connectivity index (χ2v) is 5.65. The van der Waals surface area contributed by atoms with Crippen LogP contribution < -0.4 is 11.1 Å². The molecule has 1 aliphatic carbocycles. The van der Waals surface area contributed by atoms with Gasteiger partial charge in [-0.2, -0.15) is 0 Å². The van der Waals surface area contributed by atoms with Gasteiger partial charge in [-0.25, -0.2) is 0 Å². The van der Waals surface area contributed by atoms with E-state index in [1.807, 2.05) is 13.8 Å². The zero-order valence-corrected chi connectivity index (χ0v) is 11.6. The molecule has 0 spiro atoms. The Hall–Kier alpha value is -1.10. The molecular weight excluding hydrogens is 230 g/mol. The van der Waals surface area contributed by atoms with E-state index >= 15 is 0 Å². The molecule has 0 aromatic heterocycles. The van der Waals surface area contributed by atoms with Crippen LogP contribution in [0.25, 0.3) is 0 Å². The van der Waals surface area contributed by atoms with Gasteiger partial charge in [0.2, 0.25) is 11.8 Å². The molecule has 5 heteroatoms. The molecule has 18 heavy (non-hydrogen) atoms. The lowest BCUT2D eigenvalue weighted by molar-refractivity contribution is -0.135. The SMILES string of the molecule is CC(C)CNC(=O)CN(C)C(=O)CC(N)C1CC1. The third kappa shape index (κ3) is 5.49. The first-order valence-corrected chi connectivity index (χ1v) is 6.66. The number of nitrogens with one attached hydrogen (secondary N) is 1. The number of amides is 2. The van der Waals surface area contributed by atoms with E-state index in [1.54, 1.807) is 7.05 Å². The Morgan fingerprint density at radius 1 is 1.39 bits per heavy atom. The van der Waals surface area contributed by atoms with E-state index in [2.05, 4.69) is 5.32 Å². The molecule has 0 heterocycles. The molecule has 1 atom stereocenters. The summed E-state index contributed by atoms with van der Waals surface area (Å²) in [6.07, 6.45) is 2.61. The van der Waals surface area contributed by atoms with Crippen LogP contribution in [0.15, 0.2) is 0 Å². The summed E-state index contributed by atoms with van der Waals surface area (Å²) >= 11 is 0. The van der Waals surface area contributed by atoms with Crippen molar-refractivity contribution in [3.05, 3.63) is 0 Å². The Bertz CT molecular complexity index is 301. The highest BCUT2D eigenvalue weighted by Crippen LogP contribution is 2.32. The van der Waals surface area contributed by atoms with E-state index in [-0.39, 0.29) is 24.4 Å². The summed E-state index contributed by atoms with van der Waals surface area (Å²) in [5.74, 6) is 0.768. The summed E-state index contributed by atoms with van der Waals surface area (Å²) in [5.41, 5.74) is 5.90. The second kappa shape index (κ2) is 6.73. The van der Waals surface area contributed by atoms with E-state index in [4.69, 9.17) is 5.73 Å². The van der Waals surface area contributed by atoms with Crippen molar-refractivity contribution in [3.8, 4) is 0 Å². The molecule has 104 valence electrons. The Balaban J connectivity index is 2.23. The summed E-state index contributed by atoms with van der Waals surface area (Å²) in [4.78, 5) is 24.8. The fourth-order valence-corrected chi connectivity index (χ4v) is 1.73. The summed E-state index contributed by atoms with van der Waals surface area (Å²) in [6.45, 7) is 4.82. The van der Waals surface area contributed by atoms with Crippen molar-refractivity contribution >= 4 is 11.8 Å². The standard InChI is InChI=1S/C13H25N3O2/c1-9(2)7-15-12(17)8-16(3)13(18)6-11(14)10-4-5-10/h9-11H,4-8,14H2,1-3H3,(H,15,17). The fraction of sp³-hybridized carbons (Fsp3) is 0.846. The van der Waals surface area contributed by atoms with Gasteiger partial charge in [0.05, 0.1) is 6.54 Å². The Kier molecular flexibility index (Phi) is 5.59. The number of hydrogen-bond acceptors (Lipinski definition) is 3. The van der Waals surface area contributed by atoms with Gasteiger partial charge in [-0.05, 0) is 24.7 Å². The predicted octanol–water partition coefficient (Wildman–Crippen LogP) is 0.344. The van der Waals surface area contributed by atoms with Gasteiger partial charge in [-0.1, -0.05) is 13.8 Å². The average Bonchev–Trinajstić information content (AvgIpc) is 3.09. The molecule has 0 aromatic rings. The normalized spacial score (nSPS) is 16.5. The fourth-order valence-electron chi connectivity index (χ4n) is 1.73. The number of rotatable bonds is 7. The summed E-state index contributed by atoms with van der Waals surface area (Å²) in [7, 11) is 1.65. The molecule has 0 aromatic carbocycles. The maximum Gasteiger partial charge on any atom is 0.239 e. The minimum Gasteiger partial charge on any atom is -0.354 e. The number of carbonyl (C=O) groups excluding carboxylic acids is 2. The maximum atomic E-state index is 11.8. The van der Waals surface area contributed by atoms with Crippen LogP contribution in [0.4, 0.5) is 0 Å². The van der Waals surface area contributed by atoms with E-state index in [9.17, 15) is 9.59 Å². The molecule has 2 amide bonds. The number of nitrogens with two attached hydrogens (primary N) is 1. The molecule has 1 saturated carbocycles. The van der Waals surface area contributed by atoms with Crippen molar-refractivity contribution in [2.24, 2.45) is 17.6 Å². The Labute approximate surface area is 109 Å². The highest BCUT2D eigenvalue weighted by molar-refractivity contribution is 5.84. The molecular formula is C13H25N3O2. The molecule has 1 fully saturated rings. The van der Waals surface area contributed by atoms with Gasteiger partial charge in [-0.15, -0.1) is 0 Å². The minimum atomic E-state index is -0.112. The van der Waals surface area contributed by atoms with E-state index in [0.717, 1.165) is 12.8 Å². The zero-order chi connectivity index (χ0) is 13.7. The average molecular weight is 255 g/mol. The molecule has 0 saturated heterocycles. The van der Waals surface area contributed by atoms with E-state index in [1.165, 1.54) is 4.90 Å². The summed E-state index contributed by atoms with van der Waals surface area (Å²) < 4.78 is 0. The molecule has 1 aliphatic rings. The van der Waals surface area contributed by atoms with Crippen molar-refractivity contribution < 1.29 is 9.59 Å². The van der Waals surface area contributed by atoms with E-state index in [0.29, 0.717) is 24.8 Å². The number of hydrogen-bond donors (Lipinski definition) is 2. The van der Waals surface area contributed by atoms with Gasteiger partial charge in [0.1, 0.15) is 0 Å². The lowest BCUT2D eigenvalue weighted by Crippen LogP contribution is -2.41. The first-order valence-electron chi connectivity index (χ1n) is 6.66. The van der Waals surface area contributed by atoms with Crippen molar-refractivity contribution in [2.75, 3.05) is 20.1 Å². The van der Waals surface area contributed by atoms with Crippen molar-refractivity contribution in [3.63, 3.8) is 0 Å². The van der Waals surface area contributed by atoms with Crippen LogP contribution in [-0.4, -0.2) is 42.9 Å². The van der Waals surface area contributed by atoms with Crippen LogP contribution in [0, 0.1) is 11.8 Å². The van der Waals surface area contributed by atoms with Gasteiger partial charge in [-0.3, -0.25) is 9.59 Å². The lowest BCUT2D eigenvalue weighted by Gasteiger charge is -2.19. The molecule has 1 unspecified atom stereocenters. The summed E-state index contributed by atoms with van der Waals surface area (Å²) in [6, 6.07) is -0.0429. The highest BCUT2D eigenvalue weighted by Gasteiger charge is 2.30. The molecule has 0 radical (unpaired) electrons. The maximum absolute atomic E-state index is 11.8. The topological polar surface area (TPSA) is 75.4 Å². The van der Waals surface area contributed by atoms with Gasteiger partial charge >= 0.3 is 0 Å². The highest BCUT2D eigenvalue weighted by atomic mass is 16.2. The van der Waals surface area contributed by atoms with Crippen molar-refractivity contribution in [2.45, 2.75) is 39.2 Å². The molecule has 3 N–H and O–H groups in total. The molecule has 0 aliphatic heterocycles. The number of carbonyl (C=O) groups is 2. The van der Waals surface area contributed by atoms with Gasteiger partial charge in [0, 0.05) is 26.1 Å². The first-order chi connectivity index (χ1) is 8.40. The summed E-state index contributed by atoms with van der Waals surface area (Å²) in [5, 5.41) is 2.79. The molecule has 1 rings (SSSR count). The second-order valence-electron chi connectivity index (χ2n) is 5.65. The van der Waals surface area contributed by atoms with Crippen LogP contribution >= 0.6 is 0 Å². The molecule has 5 nitrogen and oxygen atoms in total. The largest absolute Gasteiger partial charge is 0.354 e. The molecule has 0 bridgehead atoms. The smallest absolute Gasteiger partial charge is 0.239 e. The number of likely N-dealkylation sites (N-methyl/N-ethyl adjacent to an activating group) is 1. The van der Waals surface area contributed by atoms with E-state index < -0.39 is 0 Å². The zero-order valence-electron chi connectivity index (χ0n) is 11.6. The van der Waals surface area contributed by atoms with Crippen LogP contribution in [0.1, 0.15) is 33.1 Å². The minimum absolute atomic E-state index is 0.0429. The van der Waals surface area contributed by atoms with Gasteiger partial charge in [0.15, 0.2) is 0 Å². The lowest BCUT2D eigenvalue weighted by atomic mass is 10.1. The van der Waals surface area contributed by atoms with Crippen molar-refractivity contribution in [1.29, 1.82) is 0 Å². The van der Waals surface area contributed by atoms with Crippen LogP contribution in [0.2, 0.25) is 0 Å². The van der Waals surface area contributed by atoms with Crippen LogP contribution in [0.3, 0.4) is 0 Å². The number of nitrogens with zero attached hydrogens (tertiary/aromatic N) is 1. The monoisotopic (exact) mass is 255 g/mol. The quantitative estimate of drug-likeness (QED) is 0.689. The Morgan fingerprint density at radius 3 is 2.50 bits per heavy atom. The predicted molar refractivity (Wildman–Crippen MR) is 70.8 cm³/mol. The first kappa shape index (κ1) is 15.0. The van der Waals surface area contributed by atoms with Gasteiger partial charge in [0.25, 0.3) is 0 Å². The van der Waals surface area contributed by atoms with Crippen LogP contribution in [-0.2, 0) is 9.59 Å². The third-order valence-electron chi connectivity index (χ3n) is 3.15.